The maximum Gasteiger partial charge on any atom is 0.337 e. The second kappa shape index (κ2) is 8.51. The van der Waals surface area contributed by atoms with Crippen LogP contribution in [0.3, 0.4) is 0 Å². The summed E-state index contributed by atoms with van der Waals surface area (Å²) >= 11 is 0. The van der Waals surface area contributed by atoms with E-state index in [9.17, 15) is 9.90 Å². The molecule has 0 saturated carbocycles. The Hall–Kier alpha value is -0.580. The molecule has 0 spiro atoms. The van der Waals surface area contributed by atoms with Crippen LogP contribution in [0.2, 0.25) is 0 Å². The van der Waals surface area contributed by atoms with Crippen molar-refractivity contribution < 1.29 is 31.5 Å². The Labute approximate surface area is 117 Å². The predicted molar refractivity (Wildman–Crippen MR) is 68.0 cm³/mol. The van der Waals surface area contributed by atoms with Gasteiger partial charge in [-0.05, 0) is 20.8 Å². The maximum absolute atomic E-state index is 11.5. The van der Waals surface area contributed by atoms with Crippen LogP contribution in [0.1, 0.15) is 41.0 Å². The molecule has 2 atom stereocenters. The van der Waals surface area contributed by atoms with Crippen LogP contribution >= 0.6 is 0 Å². The fourth-order valence-corrected chi connectivity index (χ4v) is 2.13. The van der Waals surface area contributed by atoms with Crippen LogP contribution in [0.4, 0.5) is 0 Å². The zero-order valence-electron chi connectivity index (χ0n) is 12.1. The van der Waals surface area contributed by atoms with E-state index in [-0.39, 0.29) is 18.6 Å². The van der Waals surface area contributed by atoms with Crippen molar-refractivity contribution in [3.8, 4) is 0 Å². The van der Waals surface area contributed by atoms with Gasteiger partial charge in [-0.3, -0.25) is 4.48 Å². The van der Waals surface area contributed by atoms with E-state index in [0.29, 0.717) is 16.5 Å². The largest absolute Gasteiger partial charge is 1.00 e. The van der Waals surface area contributed by atoms with E-state index in [0.717, 1.165) is 13.1 Å². The minimum atomic E-state index is -0.516. The summed E-state index contributed by atoms with van der Waals surface area (Å²) in [6.45, 7) is 14.4. The minimum absolute atomic E-state index is 0. The Morgan fingerprint density at radius 1 is 1.33 bits per heavy atom. The van der Waals surface area contributed by atoms with Crippen molar-refractivity contribution in [3.63, 3.8) is 0 Å². The highest BCUT2D eigenvalue weighted by molar-refractivity contribution is 5.86. The summed E-state index contributed by atoms with van der Waals surface area (Å²) in [4.78, 5) is 11.5. The lowest BCUT2D eigenvalue weighted by molar-refractivity contribution is -1.00. The summed E-state index contributed by atoms with van der Waals surface area (Å²) in [6.07, 6.45) is -0.251. The number of quaternary nitrogens is 1. The number of ether oxygens (including phenoxy) is 1. The Morgan fingerprint density at radius 2 is 1.78 bits per heavy atom. The van der Waals surface area contributed by atoms with Crippen molar-refractivity contribution in [2.45, 2.75) is 53.5 Å². The molecule has 4 nitrogen and oxygen atoms in total. The second-order valence-electron chi connectivity index (χ2n) is 4.41. The fourth-order valence-electron chi connectivity index (χ4n) is 2.13. The maximum atomic E-state index is 11.5. The van der Waals surface area contributed by atoms with Crippen LogP contribution in [-0.2, 0) is 9.53 Å². The number of carbonyl (C=O) groups excluding carboxylic acids is 1. The molecule has 0 amide bonds. The topological polar surface area (TPSA) is 46.5 Å². The summed E-state index contributed by atoms with van der Waals surface area (Å²) in [5.41, 5.74) is 0.383. The lowest BCUT2D eigenvalue weighted by atomic mass is 10.2. The molecule has 1 N–H and O–H groups in total. The van der Waals surface area contributed by atoms with Gasteiger partial charge in [-0.25, -0.2) is 4.79 Å². The van der Waals surface area contributed by atoms with Crippen LogP contribution in [0, 0.1) is 0 Å². The third-order valence-electron chi connectivity index (χ3n) is 3.49. The van der Waals surface area contributed by atoms with Gasteiger partial charge in [0, 0.05) is 18.9 Å². The lowest BCUT2D eigenvalue weighted by Crippen LogP contribution is -3.00. The zero-order valence-corrected chi connectivity index (χ0v) is 12.8. The number of hydrogen-bond acceptors (Lipinski definition) is 3. The van der Waals surface area contributed by atoms with Crippen LogP contribution in [0.15, 0.2) is 12.2 Å². The van der Waals surface area contributed by atoms with Crippen molar-refractivity contribution in [1.29, 1.82) is 0 Å². The van der Waals surface area contributed by atoms with Gasteiger partial charge in [0.2, 0.25) is 6.23 Å². The molecule has 0 saturated heterocycles. The molecular formula is C13H26ClNO3. The number of hydrogen-bond donors (Lipinski definition) is 1. The summed E-state index contributed by atoms with van der Waals surface area (Å²) in [6, 6.07) is 0. The van der Waals surface area contributed by atoms with Crippen LogP contribution in [-0.4, -0.2) is 41.1 Å². The molecule has 2 unspecified atom stereocenters. The molecule has 0 aromatic carbocycles. The molecule has 0 aliphatic carbocycles. The standard InChI is InChI=1S/C13H26NO3.ClH/c1-7-12(15)14(8-2,9-3)11(6)17-13(16)10(4)5;/h11-12,15H,4,7-9H2,1-3,5-6H3;1H/q+1;/p-1. The molecule has 0 aliphatic heterocycles. The SMILES string of the molecule is C=C(C)C(=O)OC(C)[N+](CC)(CC)C(O)CC.[Cl-]. The smallest absolute Gasteiger partial charge is 0.337 e. The molecule has 0 aliphatic rings. The van der Waals surface area contributed by atoms with Gasteiger partial charge in [-0.1, -0.05) is 13.5 Å². The molecule has 5 heteroatoms. The van der Waals surface area contributed by atoms with Gasteiger partial charge in [0.25, 0.3) is 0 Å². The van der Waals surface area contributed by atoms with Gasteiger partial charge in [-0.2, -0.15) is 0 Å². The summed E-state index contributed by atoms with van der Waals surface area (Å²) < 4.78 is 5.73. The first-order valence-electron chi connectivity index (χ1n) is 6.26. The molecule has 0 aromatic rings. The number of rotatable bonds is 7. The highest BCUT2D eigenvalue weighted by Crippen LogP contribution is 2.21. The van der Waals surface area contributed by atoms with E-state index >= 15 is 0 Å². The van der Waals surface area contributed by atoms with E-state index in [2.05, 4.69) is 6.58 Å². The normalized spacial score (nSPS) is 14.3. The predicted octanol–water partition coefficient (Wildman–Crippen LogP) is -0.959. The Morgan fingerprint density at radius 3 is 2.06 bits per heavy atom. The van der Waals surface area contributed by atoms with Gasteiger partial charge < -0.3 is 22.3 Å². The van der Waals surface area contributed by atoms with Gasteiger partial charge in [0.05, 0.1) is 13.1 Å². The number of aliphatic hydroxyl groups is 1. The third-order valence-corrected chi connectivity index (χ3v) is 3.49. The summed E-state index contributed by atoms with van der Waals surface area (Å²) in [5, 5.41) is 10.1. The third kappa shape index (κ3) is 4.26. The Bertz CT molecular complexity index is 277. The first-order chi connectivity index (χ1) is 7.85. The lowest BCUT2D eigenvalue weighted by Gasteiger charge is -2.44. The van der Waals surface area contributed by atoms with Crippen LogP contribution in [0.5, 0.6) is 0 Å². The highest BCUT2D eigenvalue weighted by Gasteiger charge is 2.39. The first-order valence-corrected chi connectivity index (χ1v) is 6.26. The number of halogens is 1. The molecule has 108 valence electrons. The summed E-state index contributed by atoms with van der Waals surface area (Å²) in [7, 11) is 0. The van der Waals surface area contributed by atoms with E-state index in [1.807, 2.05) is 27.7 Å². The quantitative estimate of drug-likeness (QED) is 0.283. The second-order valence-corrected chi connectivity index (χ2v) is 4.41. The van der Waals surface area contributed by atoms with Gasteiger partial charge in [-0.15, -0.1) is 0 Å². The molecule has 0 heterocycles. The minimum Gasteiger partial charge on any atom is -1.00 e. The molecule has 18 heavy (non-hydrogen) atoms. The molecular weight excluding hydrogens is 254 g/mol. The first kappa shape index (κ1) is 19.8. The van der Waals surface area contributed by atoms with Crippen molar-refractivity contribution in [2.75, 3.05) is 13.1 Å². The molecule has 0 rings (SSSR count). The van der Waals surface area contributed by atoms with E-state index in [4.69, 9.17) is 4.74 Å². The molecule has 0 bridgehead atoms. The zero-order chi connectivity index (χ0) is 13.6. The van der Waals surface area contributed by atoms with Gasteiger partial charge in [0.15, 0.2) is 6.23 Å². The van der Waals surface area contributed by atoms with Crippen molar-refractivity contribution in [3.05, 3.63) is 12.2 Å². The number of nitrogens with zero attached hydrogens (tertiary/aromatic N) is 1. The monoisotopic (exact) mass is 279 g/mol. The Balaban J connectivity index is 0. The average molecular weight is 280 g/mol. The molecule has 0 fully saturated rings. The highest BCUT2D eigenvalue weighted by atomic mass is 35.5. The van der Waals surface area contributed by atoms with Gasteiger partial charge in [0.1, 0.15) is 0 Å². The van der Waals surface area contributed by atoms with Crippen molar-refractivity contribution in [2.24, 2.45) is 0 Å². The van der Waals surface area contributed by atoms with Gasteiger partial charge >= 0.3 is 5.97 Å². The molecule has 0 radical (unpaired) electrons. The fraction of sp³-hybridized carbons (Fsp3) is 0.769. The number of aliphatic hydroxyl groups excluding tert-OH is 1. The van der Waals surface area contributed by atoms with Crippen LogP contribution in [0.25, 0.3) is 0 Å². The van der Waals surface area contributed by atoms with E-state index in [1.54, 1.807) is 6.92 Å². The van der Waals surface area contributed by atoms with Crippen molar-refractivity contribution >= 4 is 5.97 Å². The number of carbonyl (C=O) groups is 1. The number of esters is 1. The summed E-state index contributed by atoms with van der Waals surface area (Å²) in [5.74, 6) is -0.398. The van der Waals surface area contributed by atoms with Crippen LogP contribution < -0.4 is 12.4 Å². The average Bonchev–Trinajstić information content (AvgIpc) is 2.30. The van der Waals surface area contributed by atoms with E-state index in [1.165, 1.54) is 0 Å². The van der Waals surface area contributed by atoms with Crippen molar-refractivity contribution in [1.82, 2.24) is 0 Å². The molecule has 0 aromatic heterocycles. The van der Waals surface area contributed by atoms with E-state index < -0.39 is 12.2 Å². The Kier molecular flexibility index (Phi) is 9.34.